The molecule has 2 heterocycles. The van der Waals surface area contributed by atoms with Crippen LogP contribution in [0.5, 0.6) is 0 Å². The Kier molecular flexibility index (Phi) is 9.59. The van der Waals surface area contributed by atoms with Crippen molar-refractivity contribution in [2.45, 2.75) is 72.3 Å². The van der Waals surface area contributed by atoms with Crippen molar-refractivity contribution in [1.29, 1.82) is 0 Å². The third-order valence-corrected chi connectivity index (χ3v) is 7.98. The molecule has 2 amide bonds. The molecule has 0 unspecified atom stereocenters. The Bertz CT molecular complexity index is 999. The summed E-state index contributed by atoms with van der Waals surface area (Å²) in [6, 6.07) is 1.77. The highest BCUT2D eigenvalue weighted by molar-refractivity contribution is 7.15. The maximum Gasteiger partial charge on any atom is 0.350 e. The van der Waals surface area contributed by atoms with Crippen LogP contribution in [0.1, 0.15) is 80.8 Å². The lowest BCUT2D eigenvalue weighted by Crippen LogP contribution is -2.51. The predicted octanol–water partition coefficient (Wildman–Crippen LogP) is 4.73. The second-order valence-corrected chi connectivity index (χ2v) is 12.1. The van der Waals surface area contributed by atoms with Gasteiger partial charge >= 0.3 is 5.97 Å². The number of anilines is 1. The van der Waals surface area contributed by atoms with Crippen molar-refractivity contribution in [3.8, 4) is 11.8 Å². The molecule has 3 rings (SSSR count). The minimum atomic E-state index is -0.457. The molecule has 1 saturated heterocycles. The first-order chi connectivity index (χ1) is 17.0. The van der Waals surface area contributed by atoms with Crippen LogP contribution < -0.4 is 4.90 Å². The van der Waals surface area contributed by atoms with Crippen molar-refractivity contribution in [2.24, 2.45) is 17.3 Å². The number of amides is 2. The van der Waals surface area contributed by atoms with Crippen LogP contribution in [0.4, 0.5) is 5.69 Å². The number of ether oxygens (including phenoxy) is 2. The summed E-state index contributed by atoms with van der Waals surface area (Å²) < 4.78 is 10.1. The molecule has 198 valence electrons. The van der Waals surface area contributed by atoms with E-state index in [-0.39, 0.29) is 35.8 Å². The lowest BCUT2D eigenvalue weighted by atomic mass is 9.82. The summed E-state index contributed by atoms with van der Waals surface area (Å²) in [6.07, 6.45) is 5.06. The zero-order chi connectivity index (χ0) is 26.5. The average Bonchev–Trinajstić information content (AvgIpc) is 3.27. The van der Waals surface area contributed by atoms with Crippen molar-refractivity contribution in [2.75, 3.05) is 38.8 Å². The lowest BCUT2D eigenvalue weighted by molar-refractivity contribution is -0.136. The zero-order valence-corrected chi connectivity index (χ0v) is 23.3. The van der Waals surface area contributed by atoms with Crippen LogP contribution in [0, 0.1) is 29.1 Å². The Hall–Kier alpha value is -2.37. The number of likely N-dealkylation sites (tertiary alicyclic amines) is 1. The summed E-state index contributed by atoms with van der Waals surface area (Å²) in [7, 11) is 2.88. The molecule has 0 atom stereocenters. The second-order valence-electron chi connectivity index (χ2n) is 11.0. The summed E-state index contributed by atoms with van der Waals surface area (Å²) in [4.78, 5) is 44.0. The van der Waals surface area contributed by atoms with Gasteiger partial charge in [0.25, 0.3) is 0 Å². The minimum absolute atomic E-state index is 0.0411. The van der Waals surface area contributed by atoms with E-state index in [2.05, 4.69) is 18.8 Å². The molecule has 2 aliphatic rings. The Morgan fingerprint density at radius 2 is 1.72 bits per heavy atom. The van der Waals surface area contributed by atoms with Gasteiger partial charge in [0.2, 0.25) is 11.8 Å². The molecule has 1 saturated carbocycles. The van der Waals surface area contributed by atoms with Crippen LogP contribution in [-0.4, -0.2) is 62.6 Å². The normalized spacial score (nSPS) is 20.9. The standard InChI is InChI=1S/C28H40N2O5S/c1-19-7-9-20(10-8-19)26(32)30(21-12-15-29(16-13-21)24(31)18-34-5)23-17-22(11-14-28(2,3)4)36-25(23)27(33)35-6/h17,19-21H,7-10,12-13,15-16,18H2,1-6H3. The molecule has 1 aliphatic heterocycles. The molecular weight excluding hydrogens is 476 g/mol. The first kappa shape index (κ1) is 28.2. The van der Waals surface area contributed by atoms with Gasteiger partial charge in [-0.1, -0.05) is 18.8 Å². The molecule has 0 aromatic carbocycles. The van der Waals surface area contributed by atoms with E-state index in [4.69, 9.17) is 9.47 Å². The third kappa shape index (κ3) is 7.10. The molecule has 36 heavy (non-hydrogen) atoms. The van der Waals surface area contributed by atoms with E-state index in [9.17, 15) is 14.4 Å². The zero-order valence-electron chi connectivity index (χ0n) is 22.5. The van der Waals surface area contributed by atoms with E-state index in [0.717, 1.165) is 30.6 Å². The monoisotopic (exact) mass is 516 g/mol. The van der Waals surface area contributed by atoms with Crippen molar-refractivity contribution in [1.82, 2.24) is 4.90 Å². The number of nitrogens with zero attached hydrogens (tertiary/aromatic N) is 2. The molecule has 0 spiro atoms. The fourth-order valence-electron chi connectivity index (χ4n) is 4.90. The van der Waals surface area contributed by atoms with Crippen LogP contribution in [0.25, 0.3) is 0 Å². The maximum absolute atomic E-state index is 14.1. The summed E-state index contributed by atoms with van der Waals surface area (Å²) in [5.74, 6) is 6.56. The number of rotatable bonds is 6. The highest BCUT2D eigenvalue weighted by atomic mass is 32.1. The van der Waals surface area contributed by atoms with Gasteiger partial charge in [0.15, 0.2) is 0 Å². The van der Waals surface area contributed by atoms with Crippen LogP contribution in [0.2, 0.25) is 0 Å². The molecule has 1 aromatic heterocycles. The quantitative estimate of drug-likeness (QED) is 0.404. The van der Waals surface area contributed by atoms with Gasteiger partial charge in [-0.05, 0) is 71.3 Å². The second kappa shape index (κ2) is 12.2. The van der Waals surface area contributed by atoms with Crippen molar-refractivity contribution >= 4 is 34.8 Å². The highest BCUT2D eigenvalue weighted by Gasteiger charge is 2.38. The van der Waals surface area contributed by atoms with Gasteiger partial charge in [-0.2, -0.15) is 0 Å². The van der Waals surface area contributed by atoms with Gasteiger partial charge in [-0.3, -0.25) is 9.59 Å². The first-order valence-corrected chi connectivity index (χ1v) is 13.7. The van der Waals surface area contributed by atoms with Gasteiger partial charge in [-0.25, -0.2) is 4.79 Å². The van der Waals surface area contributed by atoms with Crippen molar-refractivity contribution in [3.63, 3.8) is 0 Å². The number of hydrogen-bond acceptors (Lipinski definition) is 6. The molecule has 0 N–H and O–H groups in total. The number of hydrogen-bond donors (Lipinski definition) is 0. The molecule has 1 aromatic rings. The summed E-state index contributed by atoms with van der Waals surface area (Å²) in [5, 5.41) is 0. The van der Waals surface area contributed by atoms with Gasteiger partial charge in [0.05, 0.1) is 17.7 Å². The van der Waals surface area contributed by atoms with E-state index in [0.29, 0.717) is 42.4 Å². The van der Waals surface area contributed by atoms with Gasteiger partial charge in [-0.15, -0.1) is 11.3 Å². The van der Waals surface area contributed by atoms with E-state index in [1.165, 1.54) is 25.6 Å². The first-order valence-electron chi connectivity index (χ1n) is 12.9. The number of carbonyl (C=O) groups excluding carboxylic acids is 3. The van der Waals surface area contributed by atoms with E-state index in [1.54, 1.807) is 4.90 Å². The molecule has 0 bridgehead atoms. The van der Waals surface area contributed by atoms with Crippen molar-refractivity contribution in [3.05, 3.63) is 15.8 Å². The van der Waals surface area contributed by atoms with Crippen molar-refractivity contribution < 1.29 is 23.9 Å². The topological polar surface area (TPSA) is 76.2 Å². The molecule has 1 aliphatic carbocycles. The highest BCUT2D eigenvalue weighted by Crippen LogP contribution is 2.38. The van der Waals surface area contributed by atoms with E-state index in [1.807, 2.05) is 31.7 Å². The molecule has 7 nitrogen and oxygen atoms in total. The number of piperidine rings is 1. The third-order valence-electron chi connectivity index (χ3n) is 6.96. The Morgan fingerprint density at radius 3 is 2.28 bits per heavy atom. The van der Waals surface area contributed by atoms with Crippen LogP contribution in [0.3, 0.4) is 0 Å². The van der Waals surface area contributed by atoms with Crippen LogP contribution in [0.15, 0.2) is 6.07 Å². The number of thiophene rings is 1. The fraction of sp³-hybridized carbons (Fsp3) is 0.679. The molecular formula is C28H40N2O5S. The van der Waals surface area contributed by atoms with Gasteiger partial charge in [0.1, 0.15) is 11.5 Å². The predicted molar refractivity (Wildman–Crippen MR) is 142 cm³/mol. The average molecular weight is 517 g/mol. The summed E-state index contributed by atoms with van der Waals surface area (Å²) in [6.45, 7) is 9.50. The SMILES string of the molecule is COCC(=O)N1CCC(N(C(=O)C2CCC(C)CC2)c2cc(C#CC(C)(C)C)sc2C(=O)OC)CC1. The maximum atomic E-state index is 14.1. The smallest absolute Gasteiger partial charge is 0.350 e. The van der Waals surface area contributed by atoms with E-state index >= 15 is 0 Å². The Balaban J connectivity index is 1.98. The number of methoxy groups -OCH3 is 2. The van der Waals surface area contributed by atoms with E-state index < -0.39 is 5.97 Å². The molecule has 2 fully saturated rings. The van der Waals surface area contributed by atoms with Gasteiger partial charge < -0.3 is 19.3 Å². The molecule has 8 heteroatoms. The molecule has 0 radical (unpaired) electrons. The Labute approximate surface area is 219 Å². The van der Waals surface area contributed by atoms with Crippen LogP contribution >= 0.6 is 11.3 Å². The summed E-state index contributed by atoms with van der Waals surface area (Å²) in [5.41, 5.74) is 0.404. The largest absolute Gasteiger partial charge is 0.465 e. The van der Waals surface area contributed by atoms with Crippen LogP contribution in [-0.2, 0) is 19.1 Å². The minimum Gasteiger partial charge on any atom is -0.465 e. The fourth-order valence-corrected chi connectivity index (χ4v) is 5.82. The lowest BCUT2D eigenvalue weighted by Gasteiger charge is -2.40. The Morgan fingerprint density at radius 1 is 1.08 bits per heavy atom. The number of carbonyl (C=O) groups is 3. The number of esters is 1. The summed E-state index contributed by atoms with van der Waals surface area (Å²) >= 11 is 1.28. The van der Waals surface area contributed by atoms with Gasteiger partial charge in [0, 0.05) is 37.6 Å².